The first-order valence-corrected chi connectivity index (χ1v) is 10.6. The van der Waals surface area contributed by atoms with Crippen molar-refractivity contribution in [2.75, 3.05) is 13.6 Å². The summed E-state index contributed by atoms with van der Waals surface area (Å²) < 4.78 is 33.5. The van der Waals surface area contributed by atoms with Gasteiger partial charge in [0.05, 0.1) is 22.6 Å². The minimum atomic E-state index is -3.69. The van der Waals surface area contributed by atoms with Gasteiger partial charge in [-0.1, -0.05) is 35.5 Å². The Labute approximate surface area is 168 Å². The highest BCUT2D eigenvalue weighted by Gasteiger charge is 2.36. The molecule has 3 aromatic rings. The predicted molar refractivity (Wildman–Crippen MR) is 105 cm³/mol. The number of sulfonamides is 1. The van der Waals surface area contributed by atoms with Crippen molar-refractivity contribution in [3.8, 4) is 17.5 Å². The second kappa shape index (κ2) is 7.75. The summed E-state index contributed by atoms with van der Waals surface area (Å²) in [7, 11) is -1.79. The summed E-state index contributed by atoms with van der Waals surface area (Å²) in [6.07, 6.45) is 0.516. The first-order valence-electron chi connectivity index (χ1n) is 9.08. The van der Waals surface area contributed by atoms with Gasteiger partial charge in [0, 0.05) is 18.2 Å². The van der Waals surface area contributed by atoms with Crippen LogP contribution < -0.4 is 4.72 Å². The van der Waals surface area contributed by atoms with Crippen LogP contribution in [0.3, 0.4) is 0 Å². The highest BCUT2D eigenvalue weighted by atomic mass is 32.2. The molecule has 0 saturated carbocycles. The van der Waals surface area contributed by atoms with Gasteiger partial charge in [-0.3, -0.25) is 4.90 Å². The molecule has 0 amide bonds. The van der Waals surface area contributed by atoms with E-state index < -0.39 is 10.0 Å². The van der Waals surface area contributed by atoms with E-state index in [0.717, 1.165) is 5.56 Å². The van der Waals surface area contributed by atoms with Gasteiger partial charge in [-0.15, -0.1) is 0 Å². The van der Waals surface area contributed by atoms with Crippen molar-refractivity contribution in [3.05, 3.63) is 66.1 Å². The SMILES string of the molecule is CN1CC(NS(=O)(=O)c2ccc(C#N)cc2)CC1c1nc(-c2ccccc2)no1. The molecule has 1 aliphatic rings. The lowest BCUT2D eigenvalue weighted by atomic mass is 10.2. The number of benzene rings is 2. The Kier molecular flexibility index (Phi) is 5.15. The highest BCUT2D eigenvalue weighted by molar-refractivity contribution is 7.89. The number of likely N-dealkylation sites (tertiary alicyclic amines) is 1. The van der Waals surface area contributed by atoms with E-state index in [1.54, 1.807) is 0 Å². The molecule has 4 rings (SSSR count). The Bertz CT molecular complexity index is 1140. The fourth-order valence-electron chi connectivity index (χ4n) is 3.44. The standard InChI is InChI=1S/C20H19N5O3S/c1-25-13-16(24-29(26,27)17-9-7-14(12-21)8-10-17)11-18(25)20-22-19(23-28-20)15-5-3-2-4-6-15/h2-10,16,18,24H,11,13H2,1H3. The molecule has 1 aromatic heterocycles. The van der Waals surface area contributed by atoms with Crippen LogP contribution in [0.2, 0.25) is 0 Å². The van der Waals surface area contributed by atoms with Crippen molar-refractivity contribution in [3.63, 3.8) is 0 Å². The maximum absolute atomic E-state index is 12.7. The molecule has 0 spiro atoms. The van der Waals surface area contributed by atoms with Crippen LogP contribution in [-0.2, 0) is 10.0 Å². The summed E-state index contributed by atoms with van der Waals surface area (Å²) in [5.74, 6) is 0.974. The third-order valence-electron chi connectivity index (χ3n) is 4.92. The van der Waals surface area contributed by atoms with E-state index in [4.69, 9.17) is 9.78 Å². The molecule has 2 atom stereocenters. The zero-order valence-electron chi connectivity index (χ0n) is 15.7. The quantitative estimate of drug-likeness (QED) is 0.688. The minimum Gasteiger partial charge on any atom is -0.337 e. The monoisotopic (exact) mass is 409 g/mol. The summed E-state index contributed by atoms with van der Waals surface area (Å²) in [5, 5.41) is 12.9. The van der Waals surface area contributed by atoms with Crippen molar-refractivity contribution in [1.82, 2.24) is 19.8 Å². The zero-order valence-corrected chi connectivity index (χ0v) is 16.5. The van der Waals surface area contributed by atoms with Gasteiger partial charge in [0.25, 0.3) is 0 Å². The highest BCUT2D eigenvalue weighted by Crippen LogP contribution is 2.31. The largest absolute Gasteiger partial charge is 0.337 e. The number of likely N-dealkylation sites (N-methyl/N-ethyl adjacent to an activating group) is 1. The summed E-state index contributed by atoms with van der Waals surface area (Å²) in [4.78, 5) is 6.62. The van der Waals surface area contributed by atoms with Crippen molar-refractivity contribution >= 4 is 10.0 Å². The van der Waals surface area contributed by atoms with E-state index in [2.05, 4.69) is 14.9 Å². The molecule has 0 bridgehead atoms. The molecule has 29 heavy (non-hydrogen) atoms. The normalized spacial score (nSPS) is 19.9. The predicted octanol–water partition coefficient (Wildman–Crippen LogP) is 2.33. The van der Waals surface area contributed by atoms with Crippen LogP contribution in [0.25, 0.3) is 11.4 Å². The summed E-state index contributed by atoms with van der Waals surface area (Å²) >= 11 is 0. The fourth-order valence-corrected chi connectivity index (χ4v) is 4.68. The Morgan fingerprint density at radius 1 is 1.17 bits per heavy atom. The number of hydrogen-bond acceptors (Lipinski definition) is 7. The molecular weight excluding hydrogens is 390 g/mol. The number of hydrogen-bond donors (Lipinski definition) is 1. The summed E-state index contributed by atoms with van der Waals surface area (Å²) in [6.45, 7) is 0.517. The smallest absolute Gasteiger partial charge is 0.244 e. The molecule has 1 fully saturated rings. The number of rotatable bonds is 5. The molecule has 1 N–H and O–H groups in total. The van der Waals surface area contributed by atoms with Gasteiger partial charge in [0.1, 0.15) is 0 Å². The molecule has 148 valence electrons. The Morgan fingerprint density at radius 3 is 2.59 bits per heavy atom. The first kappa shape index (κ1) is 19.3. The molecule has 0 aliphatic carbocycles. The van der Waals surface area contributed by atoms with E-state index in [0.29, 0.717) is 30.2 Å². The lowest BCUT2D eigenvalue weighted by Gasteiger charge is -2.14. The van der Waals surface area contributed by atoms with Gasteiger partial charge >= 0.3 is 0 Å². The minimum absolute atomic E-state index is 0.131. The molecule has 2 heterocycles. The second-order valence-electron chi connectivity index (χ2n) is 6.97. The van der Waals surface area contributed by atoms with E-state index in [1.165, 1.54) is 24.3 Å². The molecule has 1 saturated heterocycles. The molecule has 0 radical (unpaired) electrons. The van der Waals surface area contributed by atoms with E-state index in [-0.39, 0.29) is 17.0 Å². The van der Waals surface area contributed by atoms with Crippen LogP contribution in [0.5, 0.6) is 0 Å². The van der Waals surface area contributed by atoms with Crippen molar-refractivity contribution in [1.29, 1.82) is 5.26 Å². The Morgan fingerprint density at radius 2 is 1.90 bits per heavy atom. The van der Waals surface area contributed by atoms with E-state index >= 15 is 0 Å². The number of nitrogens with one attached hydrogen (secondary N) is 1. The molecule has 8 nitrogen and oxygen atoms in total. The Balaban J connectivity index is 1.47. The van der Waals surface area contributed by atoms with Crippen LogP contribution >= 0.6 is 0 Å². The number of nitrogens with zero attached hydrogens (tertiary/aromatic N) is 4. The van der Waals surface area contributed by atoms with Crippen molar-refractivity contribution in [2.24, 2.45) is 0 Å². The summed E-state index contributed by atoms with van der Waals surface area (Å²) in [5.41, 5.74) is 1.27. The van der Waals surface area contributed by atoms with E-state index in [1.807, 2.05) is 48.3 Å². The summed E-state index contributed by atoms with van der Waals surface area (Å²) in [6, 6.07) is 16.9. The molecule has 9 heteroatoms. The molecular formula is C20H19N5O3S. The number of nitriles is 1. The van der Waals surface area contributed by atoms with Gasteiger partial charge in [-0.25, -0.2) is 13.1 Å². The Hall–Kier alpha value is -3.06. The van der Waals surface area contributed by atoms with Crippen LogP contribution in [0.1, 0.15) is 23.9 Å². The lowest BCUT2D eigenvalue weighted by Crippen LogP contribution is -2.36. The first-order chi connectivity index (χ1) is 14.0. The van der Waals surface area contributed by atoms with Crippen LogP contribution in [-0.4, -0.2) is 43.1 Å². The lowest BCUT2D eigenvalue weighted by molar-refractivity contribution is 0.244. The van der Waals surface area contributed by atoms with E-state index in [9.17, 15) is 8.42 Å². The number of aromatic nitrogens is 2. The van der Waals surface area contributed by atoms with Gasteiger partial charge in [0.15, 0.2) is 0 Å². The van der Waals surface area contributed by atoms with Gasteiger partial charge in [0.2, 0.25) is 21.7 Å². The molecule has 1 aliphatic heterocycles. The van der Waals surface area contributed by atoms with Crippen molar-refractivity contribution in [2.45, 2.75) is 23.4 Å². The topological polar surface area (TPSA) is 112 Å². The third-order valence-corrected chi connectivity index (χ3v) is 6.46. The average Bonchev–Trinajstić information content (AvgIpc) is 3.35. The molecule has 2 unspecified atom stereocenters. The second-order valence-corrected chi connectivity index (χ2v) is 8.68. The fraction of sp³-hybridized carbons (Fsp3) is 0.250. The van der Waals surface area contributed by atoms with Crippen LogP contribution in [0.4, 0.5) is 0 Å². The maximum Gasteiger partial charge on any atom is 0.244 e. The van der Waals surface area contributed by atoms with Crippen LogP contribution in [0.15, 0.2) is 64.0 Å². The van der Waals surface area contributed by atoms with Crippen molar-refractivity contribution < 1.29 is 12.9 Å². The average molecular weight is 409 g/mol. The molecule has 2 aromatic carbocycles. The van der Waals surface area contributed by atoms with Gasteiger partial charge < -0.3 is 4.52 Å². The zero-order chi connectivity index (χ0) is 20.4. The maximum atomic E-state index is 12.7. The third kappa shape index (κ3) is 4.05. The van der Waals surface area contributed by atoms with Crippen LogP contribution in [0, 0.1) is 11.3 Å². The van der Waals surface area contributed by atoms with Gasteiger partial charge in [-0.05, 0) is 37.7 Å². The van der Waals surface area contributed by atoms with Gasteiger partial charge in [-0.2, -0.15) is 10.2 Å².